The molecule has 0 saturated heterocycles. The molecule has 0 atom stereocenters. The van der Waals surface area contributed by atoms with E-state index in [0.29, 0.717) is 17.9 Å². The van der Waals surface area contributed by atoms with E-state index in [1.54, 1.807) is 32.4 Å². The van der Waals surface area contributed by atoms with Crippen LogP contribution in [0.3, 0.4) is 0 Å². The van der Waals surface area contributed by atoms with Crippen molar-refractivity contribution in [3.8, 4) is 5.75 Å². The zero-order chi connectivity index (χ0) is 12.2. The van der Waals surface area contributed by atoms with Crippen LogP contribution in [0.4, 0.5) is 0 Å². The first-order chi connectivity index (χ1) is 7.46. The molecule has 0 spiro atoms. The van der Waals surface area contributed by atoms with Gasteiger partial charge in [-0.2, -0.15) is 0 Å². The first kappa shape index (κ1) is 13.3. The maximum atomic E-state index is 11.0. The normalized spacial score (nSPS) is 11.4. The summed E-state index contributed by atoms with van der Waals surface area (Å²) in [4.78, 5) is 0. The Hall–Kier alpha value is -0.780. The lowest BCUT2D eigenvalue weighted by Crippen LogP contribution is -2.01. The van der Waals surface area contributed by atoms with Crippen LogP contribution in [0.2, 0.25) is 0 Å². The monoisotopic (exact) mass is 264 g/mol. The molecule has 0 saturated carbocycles. The van der Waals surface area contributed by atoms with Crippen LogP contribution in [0.25, 0.3) is 0 Å². The number of rotatable bonds is 5. The van der Waals surface area contributed by atoms with Crippen LogP contribution in [-0.4, -0.2) is 22.6 Å². The van der Waals surface area contributed by atoms with Crippen molar-refractivity contribution in [3.05, 3.63) is 29.3 Å². The summed E-state index contributed by atoms with van der Waals surface area (Å²) in [5.41, 5.74) is 1.38. The summed E-state index contributed by atoms with van der Waals surface area (Å²) in [5.74, 6) is 0.444. The topological polar surface area (TPSA) is 52.6 Å². The standard InChI is InChI=1S/C10H13ClO4S/c1-14-6-9-5-10(15-2)4-3-8(9)7-16(11,12)13/h3-5H,6-7H2,1-2H3. The number of benzene rings is 1. The van der Waals surface area contributed by atoms with Gasteiger partial charge in [-0.25, -0.2) is 8.42 Å². The Morgan fingerprint density at radius 3 is 2.44 bits per heavy atom. The molecule has 0 aromatic heterocycles. The molecule has 90 valence electrons. The highest BCUT2D eigenvalue weighted by Gasteiger charge is 2.12. The lowest BCUT2D eigenvalue weighted by atomic mass is 10.1. The van der Waals surface area contributed by atoms with Gasteiger partial charge in [0.15, 0.2) is 0 Å². The van der Waals surface area contributed by atoms with Gasteiger partial charge in [0.1, 0.15) is 5.75 Å². The number of methoxy groups -OCH3 is 2. The SMILES string of the molecule is COCc1cc(OC)ccc1CS(=O)(=O)Cl. The van der Waals surface area contributed by atoms with Crippen LogP contribution in [0.5, 0.6) is 5.75 Å². The van der Waals surface area contributed by atoms with Gasteiger partial charge in [0.25, 0.3) is 0 Å². The number of hydrogen-bond acceptors (Lipinski definition) is 4. The van der Waals surface area contributed by atoms with Crippen molar-refractivity contribution in [1.82, 2.24) is 0 Å². The zero-order valence-electron chi connectivity index (χ0n) is 9.07. The van der Waals surface area contributed by atoms with Crippen molar-refractivity contribution >= 4 is 19.7 Å². The van der Waals surface area contributed by atoms with E-state index in [1.807, 2.05) is 0 Å². The van der Waals surface area contributed by atoms with Gasteiger partial charge in [0.05, 0.1) is 19.5 Å². The summed E-state index contributed by atoms with van der Waals surface area (Å²) in [5, 5.41) is 0. The van der Waals surface area contributed by atoms with Crippen molar-refractivity contribution in [2.24, 2.45) is 0 Å². The Bertz CT molecular complexity index is 456. The van der Waals surface area contributed by atoms with Gasteiger partial charge in [-0.3, -0.25) is 0 Å². The molecule has 0 heterocycles. The second-order valence-electron chi connectivity index (χ2n) is 3.25. The number of hydrogen-bond donors (Lipinski definition) is 0. The van der Waals surface area contributed by atoms with E-state index >= 15 is 0 Å². The van der Waals surface area contributed by atoms with Crippen molar-refractivity contribution in [1.29, 1.82) is 0 Å². The molecular formula is C10H13ClO4S. The zero-order valence-corrected chi connectivity index (χ0v) is 10.6. The second-order valence-corrected chi connectivity index (χ2v) is 6.03. The van der Waals surface area contributed by atoms with Crippen LogP contribution in [-0.2, 0) is 26.1 Å². The minimum atomic E-state index is -3.56. The molecule has 4 nitrogen and oxygen atoms in total. The molecule has 0 amide bonds. The molecule has 0 unspecified atom stereocenters. The number of ether oxygens (including phenoxy) is 2. The minimum Gasteiger partial charge on any atom is -0.497 e. The predicted octanol–water partition coefficient (Wildman–Crippen LogP) is 1.91. The van der Waals surface area contributed by atoms with Gasteiger partial charge in [0.2, 0.25) is 9.05 Å². The van der Waals surface area contributed by atoms with Crippen LogP contribution in [0, 0.1) is 0 Å². The highest BCUT2D eigenvalue weighted by atomic mass is 35.7. The number of halogens is 1. The van der Waals surface area contributed by atoms with Gasteiger partial charge >= 0.3 is 0 Å². The van der Waals surface area contributed by atoms with Gasteiger partial charge < -0.3 is 9.47 Å². The fourth-order valence-electron chi connectivity index (χ4n) is 1.35. The van der Waals surface area contributed by atoms with Gasteiger partial charge in [0, 0.05) is 17.8 Å². The predicted molar refractivity (Wildman–Crippen MR) is 62.2 cm³/mol. The quantitative estimate of drug-likeness (QED) is 0.763. The summed E-state index contributed by atoms with van der Waals surface area (Å²) >= 11 is 0. The Morgan fingerprint density at radius 1 is 1.25 bits per heavy atom. The molecule has 6 heteroatoms. The molecule has 0 radical (unpaired) electrons. The minimum absolute atomic E-state index is 0.211. The second kappa shape index (κ2) is 5.52. The average Bonchev–Trinajstić information content (AvgIpc) is 2.19. The largest absolute Gasteiger partial charge is 0.497 e. The van der Waals surface area contributed by atoms with E-state index in [-0.39, 0.29) is 5.75 Å². The molecule has 1 aromatic rings. The van der Waals surface area contributed by atoms with Gasteiger partial charge in [-0.1, -0.05) is 6.07 Å². The van der Waals surface area contributed by atoms with Crippen molar-refractivity contribution in [3.63, 3.8) is 0 Å². The van der Waals surface area contributed by atoms with Gasteiger partial charge in [-0.05, 0) is 23.3 Å². The van der Waals surface area contributed by atoms with E-state index in [2.05, 4.69) is 0 Å². The van der Waals surface area contributed by atoms with Gasteiger partial charge in [-0.15, -0.1) is 0 Å². The molecule has 0 bridgehead atoms. The highest BCUT2D eigenvalue weighted by molar-refractivity contribution is 8.13. The first-order valence-corrected chi connectivity index (χ1v) is 7.01. The van der Waals surface area contributed by atoms with Crippen molar-refractivity contribution in [2.75, 3.05) is 14.2 Å². The van der Waals surface area contributed by atoms with E-state index < -0.39 is 9.05 Å². The first-order valence-electron chi connectivity index (χ1n) is 4.53. The Kier molecular flexibility index (Phi) is 4.58. The molecular weight excluding hydrogens is 252 g/mol. The van der Waals surface area contributed by atoms with E-state index in [1.165, 1.54) is 0 Å². The average molecular weight is 265 g/mol. The molecule has 0 aliphatic heterocycles. The van der Waals surface area contributed by atoms with E-state index in [4.69, 9.17) is 20.2 Å². The molecule has 0 fully saturated rings. The molecule has 1 rings (SSSR count). The van der Waals surface area contributed by atoms with Crippen LogP contribution < -0.4 is 4.74 Å². The third-order valence-corrected chi connectivity index (χ3v) is 3.02. The third-order valence-electron chi connectivity index (χ3n) is 2.04. The fourth-order valence-corrected chi connectivity index (χ4v) is 2.35. The lowest BCUT2D eigenvalue weighted by Gasteiger charge is -2.09. The smallest absolute Gasteiger partial charge is 0.236 e. The molecule has 16 heavy (non-hydrogen) atoms. The Labute approximate surface area is 99.6 Å². The van der Waals surface area contributed by atoms with Crippen LogP contribution in [0.15, 0.2) is 18.2 Å². The highest BCUT2D eigenvalue weighted by Crippen LogP contribution is 2.21. The summed E-state index contributed by atoms with van der Waals surface area (Å²) in [7, 11) is 4.74. The molecule has 0 aliphatic carbocycles. The summed E-state index contributed by atoms with van der Waals surface area (Å²) in [6.07, 6.45) is 0. The van der Waals surface area contributed by atoms with Crippen LogP contribution in [0.1, 0.15) is 11.1 Å². The molecule has 1 aromatic carbocycles. The Morgan fingerprint density at radius 2 is 1.94 bits per heavy atom. The van der Waals surface area contributed by atoms with E-state index in [9.17, 15) is 8.42 Å². The van der Waals surface area contributed by atoms with Crippen LogP contribution >= 0.6 is 10.7 Å². The van der Waals surface area contributed by atoms with Crippen molar-refractivity contribution in [2.45, 2.75) is 12.4 Å². The fraction of sp³-hybridized carbons (Fsp3) is 0.400. The Balaban J connectivity index is 3.07. The lowest BCUT2D eigenvalue weighted by molar-refractivity contribution is 0.184. The molecule has 0 N–H and O–H groups in total. The molecule has 0 aliphatic rings. The maximum Gasteiger partial charge on any atom is 0.236 e. The van der Waals surface area contributed by atoms with Crippen molar-refractivity contribution < 1.29 is 17.9 Å². The summed E-state index contributed by atoms with van der Waals surface area (Å²) < 4.78 is 32.0. The summed E-state index contributed by atoms with van der Waals surface area (Å²) in [6, 6.07) is 5.10. The maximum absolute atomic E-state index is 11.0. The van der Waals surface area contributed by atoms with E-state index in [0.717, 1.165) is 5.56 Å². The third kappa shape index (κ3) is 4.00. The summed E-state index contributed by atoms with van der Waals surface area (Å²) in [6.45, 7) is 0.318.